The van der Waals surface area contributed by atoms with Crippen molar-refractivity contribution in [1.29, 1.82) is 0 Å². The molecule has 0 amide bonds. The van der Waals surface area contributed by atoms with E-state index in [1.54, 1.807) is 7.11 Å². The Morgan fingerprint density at radius 3 is 2.40 bits per heavy atom. The summed E-state index contributed by atoms with van der Waals surface area (Å²) in [6.07, 6.45) is 8.82. The van der Waals surface area contributed by atoms with Crippen molar-refractivity contribution in [3.05, 3.63) is 0 Å². The first-order chi connectivity index (χ1) is 12.2. The fourth-order valence-electron chi connectivity index (χ4n) is 4.47. The molecule has 0 radical (unpaired) electrons. The maximum absolute atomic E-state index is 11.9. The lowest BCUT2D eigenvalue weighted by atomic mass is 9.87. The molecule has 2 atom stereocenters. The topological polar surface area (TPSA) is 51.2 Å². The smallest absolute Gasteiger partial charge is 0.308 e. The second kappa shape index (κ2) is 9.31. The maximum atomic E-state index is 11.9. The highest BCUT2D eigenvalue weighted by Crippen LogP contribution is 2.32. The summed E-state index contributed by atoms with van der Waals surface area (Å²) in [5.74, 6) is 0.0274. The molecular formula is C19H34N2O4. The highest BCUT2D eigenvalue weighted by Gasteiger charge is 2.38. The Balaban J connectivity index is 1.56. The summed E-state index contributed by atoms with van der Waals surface area (Å²) in [5, 5.41) is 0. The van der Waals surface area contributed by atoms with Gasteiger partial charge in [0.15, 0.2) is 6.35 Å². The molecule has 0 spiro atoms. The summed E-state index contributed by atoms with van der Waals surface area (Å²) >= 11 is 0. The Morgan fingerprint density at radius 1 is 1.04 bits per heavy atom. The second-order valence-electron chi connectivity index (χ2n) is 7.50. The standard InChI is InChI=1S/C19H34N2O4/c1-3-24-18(22)15-8-10-16(11-9-15)25-19(20-12-4-5-13-20)21-14-6-7-17(21)23-2/h15-17,19H,3-14H2,1-2H3. The minimum atomic E-state index is -0.0315. The van der Waals surface area contributed by atoms with Crippen LogP contribution in [-0.4, -0.2) is 67.8 Å². The van der Waals surface area contributed by atoms with Crippen molar-refractivity contribution < 1.29 is 19.0 Å². The van der Waals surface area contributed by atoms with Crippen LogP contribution in [0.5, 0.6) is 0 Å². The first-order valence-corrected chi connectivity index (χ1v) is 10.1. The lowest BCUT2D eigenvalue weighted by molar-refractivity contribution is -0.214. The number of rotatable bonds is 7. The zero-order chi connectivity index (χ0) is 17.6. The average molecular weight is 354 g/mol. The molecule has 0 aromatic carbocycles. The summed E-state index contributed by atoms with van der Waals surface area (Å²) in [7, 11) is 1.80. The van der Waals surface area contributed by atoms with Crippen LogP contribution in [0.2, 0.25) is 0 Å². The van der Waals surface area contributed by atoms with E-state index in [9.17, 15) is 4.79 Å². The third kappa shape index (κ3) is 4.73. The van der Waals surface area contributed by atoms with Gasteiger partial charge in [0, 0.05) is 26.7 Å². The van der Waals surface area contributed by atoms with Crippen LogP contribution in [0.25, 0.3) is 0 Å². The molecule has 2 saturated heterocycles. The maximum Gasteiger partial charge on any atom is 0.308 e. The molecule has 3 rings (SSSR count). The Kier molecular flexibility index (Phi) is 7.10. The van der Waals surface area contributed by atoms with Crippen molar-refractivity contribution in [3.63, 3.8) is 0 Å². The van der Waals surface area contributed by atoms with Crippen molar-refractivity contribution in [1.82, 2.24) is 9.80 Å². The Labute approximate surface area is 151 Å². The van der Waals surface area contributed by atoms with E-state index in [0.717, 1.165) is 51.7 Å². The molecule has 0 aromatic rings. The van der Waals surface area contributed by atoms with Gasteiger partial charge in [0.05, 0.1) is 18.6 Å². The van der Waals surface area contributed by atoms with E-state index >= 15 is 0 Å². The third-order valence-electron chi connectivity index (χ3n) is 5.85. The number of nitrogens with zero attached hydrogens (tertiary/aromatic N) is 2. The number of esters is 1. The predicted molar refractivity (Wildman–Crippen MR) is 94.8 cm³/mol. The van der Waals surface area contributed by atoms with Crippen molar-refractivity contribution >= 4 is 5.97 Å². The fourth-order valence-corrected chi connectivity index (χ4v) is 4.47. The van der Waals surface area contributed by atoms with Crippen LogP contribution >= 0.6 is 0 Å². The highest BCUT2D eigenvalue weighted by atomic mass is 16.5. The van der Waals surface area contributed by atoms with Crippen LogP contribution in [-0.2, 0) is 19.0 Å². The van der Waals surface area contributed by atoms with Crippen LogP contribution in [0.3, 0.4) is 0 Å². The Bertz CT molecular complexity index is 420. The van der Waals surface area contributed by atoms with E-state index in [2.05, 4.69) is 9.80 Å². The van der Waals surface area contributed by atoms with Crippen LogP contribution in [0, 0.1) is 5.92 Å². The molecule has 0 bridgehead atoms. The number of carbonyl (C=O) groups is 1. The lowest BCUT2D eigenvalue weighted by Crippen LogP contribution is -2.53. The molecule has 6 nitrogen and oxygen atoms in total. The normalized spacial score (nSPS) is 32.8. The molecule has 3 aliphatic rings. The van der Waals surface area contributed by atoms with Gasteiger partial charge in [-0.1, -0.05) is 0 Å². The van der Waals surface area contributed by atoms with Gasteiger partial charge in [0.2, 0.25) is 0 Å². The molecule has 2 aliphatic heterocycles. The second-order valence-corrected chi connectivity index (χ2v) is 7.50. The monoisotopic (exact) mass is 354 g/mol. The van der Waals surface area contributed by atoms with Gasteiger partial charge in [-0.05, 0) is 58.3 Å². The molecule has 0 N–H and O–H groups in total. The molecule has 3 fully saturated rings. The quantitative estimate of drug-likeness (QED) is 0.655. The minimum Gasteiger partial charge on any atom is -0.466 e. The van der Waals surface area contributed by atoms with Crippen molar-refractivity contribution in [2.75, 3.05) is 33.4 Å². The zero-order valence-corrected chi connectivity index (χ0v) is 15.8. The molecule has 1 saturated carbocycles. The largest absolute Gasteiger partial charge is 0.466 e. The van der Waals surface area contributed by atoms with Crippen LogP contribution in [0.15, 0.2) is 0 Å². The van der Waals surface area contributed by atoms with Gasteiger partial charge in [0.25, 0.3) is 0 Å². The molecule has 0 aromatic heterocycles. The van der Waals surface area contributed by atoms with E-state index in [1.807, 2.05) is 6.92 Å². The number of likely N-dealkylation sites (tertiary alicyclic amines) is 2. The van der Waals surface area contributed by atoms with E-state index in [4.69, 9.17) is 14.2 Å². The number of ether oxygens (including phenoxy) is 3. The molecule has 1 aliphatic carbocycles. The van der Waals surface area contributed by atoms with E-state index in [1.165, 1.54) is 19.3 Å². The van der Waals surface area contributed by atoms with Gasteiger partial charge in [-0.15, -0.1) is 0 Å². The summed E-state index contributed by atoms with van der Waals surface area (Å²) in [4.78, 5) is 16.8. The van der Waals surface area contributed by atoms with E-state index < -0.39 is 0 Å². The minimum absolute atomic E-state index is 0.0269. The highest BCUT2D eigenvalue weighted by molar-refractivity contribution is 5.72. The van der Waals surface area contributed by atoms with Gasteiger partial charge in [-0.3, -0.25) is 9.69 Å². The van der Waals surface area contributed by atoms with Crippen LogP contribution < -0.4 is 0 Å². The lowest BCUT2D eigenvalue weighted by Gasteiger charge is -2.40. The molecule has 144 valence electrons. The number of methoxy groups -OCH3 is 1. The Morgan fingerprint density at radius 2 is 1.76 bits per heavy atom. The zero-order valence-electron chi connectivity index (χ0n) is 15.8. The van der Waals surface area contributed by atoms with Crippen LogP contribution in [0.1, 0.15) is 58.3 Å². The van der Waals surface area contributed by atoms with Gasteiger partial charge in [0.1, 0.15) is 6.23 Å². The average Bonchev–Trinajstić information content (AvgIpc) is 3.32. The predicted octanol–water partition coefficient (Wildman–Crippen LogP) is 2.57. The van der Waals surface area contributed by atoms with Gasteiger partial charge < -0.3 is 14.2 Å². The summed E-state index contributed by atoms with van der Waals surface area (Å²) < 4.78 is 17.5. The van der Waals surface area contributed by atoms with E-state index in [-0.39, 0.29) is 30.6 Å². The van der Waals surface area contributed by atoms with Gasteiger partial charge >= 0.3 is 5.97 Å². The molecule has 25 heavy (non-hydrogen) atoms. The summed E-state index contributed by atoms with van der Waals surface area (Å²) in [6.45, 7) is 5.60. The third-order valence-corrected chi connectivity index (χ3v) is 5.85. The van der Waals surface area contributed by atoms with Crippen LogP contribution in [0.4, 0.5) is 0 Å². The molecule has 6 heteroatoms. The number of carbonyl (C=O) groups excluding carboxylic acids is 1. The van der Waals surface area contributed by atoms with Crippen molar-refractivity contribution in [2.45, 2.75) is 77.0 Å². The SMILES string of the molecule is CCOC(=O)C1CCC(OC(N2CCCC2)N2CCCC2OC)CC1. The number of hydrogen-bond acceptors (Lipinski definition) is 6. The Hall–Kier alpha value is -0.690. The molecule has 2 unspecified atom stereocenters. The van der Waals surface area contributed by atoms with Crippen molar-refractivity contribution in [3.8, 4) is 0 Å². The number of hydrogen-bond donors (Lipinski definition) is 0. The van der Waals surface area contributed by atoms with Gasteiger partial charge in [-0.25, -0.2) is 4.90 Å². The summed E-state index contributed by atoms with van der Waals surface area (Å²) in [6, 6.07) is 0. The summed E-state index contributed by atoms with van der Waals surface area (Å²) in [5.41, 5.74) is 0. The molecule has 2 heterocycles. The fraction of sp³-hybridized carbons (Fsp3) is 0.947. The first-order valence-electron chi connectivity index (χ1n) is 10.1. The van der Waals surface area contributed by atoms with Crippen molar-refractivity contribution in [2.24, 2.45) is 5.92 Å². The first kappa shape index (κ1) is 19.1. The van der Waals surface area contributed by atoms with E-state index in [0.29, 0.717) is 6.61 Å². The molecular weight excluding hydrogens is 320 g/mol. The van der Waals surface area contributed by atoms with Gasteiger partial charge in [-0.2, -0.15) is 0 Å².